The van der Waals surface area contributed by atoms with Crippen LogP contribution in [0.15, 0.2) is 39.2 Å². The van der Waals surface area contributed by atoms with Crippen LogP contribution in [0.1, 0.15) is 24.6 Å². The van der Waals surface area contributed by atoms with Gasteiger partial charge < -0.3 is 4.42 Å². The molecule has 0 saturated carbocycles. The molecule has 0 aliphatic carbocycles. The highest BCUT2D eigenvalue weighted by atomic mass is 35.5. The molecule has 2 aromatic heterocycles. The summed E-state index contributed by atoms with van der Waals surface area (Å²) in [6, 6.07) is 6.55. The third-order valence-electron chi connectivity index (χ3n) is 3.19. The Kier molecular flexibility index (Phi) is 3.42. The van der Waals surface area contributed by atoms with Crippen LogP contribution in [0.2, 0.25) is 4.34 Å². The van der Waals surface area contributed by atoms with Gasteiger partial charge >= 0.3 is 0 Å². The van der Waals surface area contributed by atoms with Gasteiger partial charge in [-0.25, -0.2) is 8.42 Å². The van der Waals surface area contributed by atoms with Crippen LogP contribution in [0.5, 0.6) is 0 Å². The molecule has 19 heavy (non-hydrogen) atoms. The van der Waals surface area contributed by atoms with E-state index in [4.69, 9.17) is 16.0 Å². The topological polar surface area (TPSA) is 50.5 Å². The van der Waals surface area contributed by atoms with Crippen molar-refractivity contribution in [1.82, 2.24) is 4.31 Å². The average molecular weight is 318 g/mol. The van der Waals surface area contributed by atoms with Gasteiger partial charge in [-0.05, 0) is 37.1 Å². The lowest BCUT2D eigenvalue weighted by Crippen LogP contribution is -2.29. The van der Waals surface area contributed by atoms with Gasteiger partial charge in [-0.3, -0.25) is 0 Å². The minimum absolute atomic E-state index is 0.208. The first-order valence-corrected chi connectivity index (χ1v) is 8.53. The second-order valence-electron chi connectivity index (χ2n) is 4.35. The third-order valence-corrected chi connectivity index (χ3v) is 6.79. The number of hydrogen-bond acceptors (Lipinski definition) is 4. The van der Waals surface area contributed by atoms with Crippen LogP contribution in [-0.4, -0.2) is 19.3 Å². The second-order valence-corrected chi connectivity index (χ2v) is 8.18. The Hall–Kier alpha value is -0.820. The monoisotopic (exact) mass is 317 g/mol. The normalized spacial score (nSPS) is 21.0. The number of halogens is 1. The molecule has 1 saturated heterocycles. The van der Waals surface area contributed by atoms with E-state index in [1.807, 2.05) is 6.07 Å². The largest absolute Gasteiger partial charge is 0.468 e. The minimum atomic E-state index is -3.49. The van der Waals surface area contributed by atoms with E-state index in [0.29, 0.717) is 16.6 Å². The van der Waals surface area contributed by atoms with E-state index < -0.39 is 10.0 Å². The van der Waals surface area contributed by atoms with Crippen molar-refractivity contribution in [2.45, 2.75) is 23.1 Å². The summed E-state index contributed by atoms with van der Waals surface area (Å²) >= 11 is 6.91. The Morgan fingerprint density at radius 3 is 2.84 bits per heavy atom. The maximum absolute atomic E-state index is 12.6. The van der Waals surface area contributed by atoms with Crippen LogP contribution in [0.3, 0.4) is 0 Å². The van der Waals surface area contributed by atoms with Gasteiger partial charge in [0.25, 0.3) is 10.0 Å². The van der Waals surface area contributed by atoms with Gasteiger partial charge in [0.2, 0.25) is 0 Å². The SMILES string of the molecule is O=S(=O)(c1ccc(Cl)s1)N1CCC[C@@H]1c1ccco1. The minimum Gasteiger partial charge on any atom is -0.468 e. The fourth-order valence-electron chi connectivity index (χ4n) is 2.34. The summed E-state index contributed by atoms with van der Waals surface area (Å²) in [5.41, 5.74) is 0. The van der Waals surface area contributed by atoms with Crippen LogP contribution < -0.4 is 0 Å². The predicted molar refractivity (Wildman–Crippen MR) is 73.9 cm³/mol. The van der Waals surface area contributed by atoms with E-state index in [-0.39, 0.29) is 10.3 Å². The van der Waals surface area contributed by atoms with E-state index in [9.17, 15) is 8.42 Å². The summed E-state index contributed by atoms with van der Waals surface area (Å²) in [6.07, 6.45) is 3.19. The smallest absolute Gasteiger partial charge is 0.253 e. The lowest BCUT2D eigenvalue weighted by Gasteiger charge is -2.21. The maximum Gasteiger partial charge on any atom is 0.253 e. The van der Waals surface area contributed by atoms with Crippen LogP contribution in [0, 0.1) is 0 Å². The first-order valence-electron chi connectivity index (χ1n) is 5.89. The number of sulfonamides is 1. The molecule has 1 fully saturated rings. The molecule has 0 aromatic carbocycles. The first kappa shape index (κ1) is 13.2. The Morgan fingerprint density at radius 2 is 2.21 bits per heavy atom. The maximum atomic E-state index is 12.6. The number of thiophene rings is 1. The Morgan fingerprint density at radius 1 is 1.37 bits per heavy atom. The molecule has 0 unspecified atom stereocenters. The van der Waals surface area contributed by atoms with Crippen molar-refractivity contribution in [2.75, 3.05) is 6.54 Å². The zero-order valence-electron chi connectivity index (χ0n) is 9.95. The number of rotatable bonds is 3. The third kappa shape index (κ3) is 2.33. The van der Waals surface area contributed by atoms with Gasteiger partial charge in [-0.2, -0.15) is 4.31 Å². The molecular weight excluding hydrogens is 306 g/mol. The molecule has 7 heteroatoms. The molecular formula is C12H12ClNO3S2. The average Bonchev–Trinajstić information content (AvgIpc) is 3.09. The number of hydrogen-bond donors (Lipinski definition) is 0. The summed E-state index contributed by atoms with van der Waals surface area (Å²) in [4.78, 5) is 0. The molecule has 1 atom stereocenters. The highest BCUT2D eigenvalue weighted by Gasteiger charge is 2.38. The van der Waals surface area contributed by atoms with E-state index in [1.165, 1.54) is 4.31 Å². The molecule has 2 aromatic rings. The van der Waals surface area contributed by atoms with E-state index in [1.54, 1.807) is 24.5 Å². The van der Waals surface area contributed by atoms with Crippen molar-refractivity contribution >= 4 is 33.0 Å². The highest BCUT2D eigenvalue weighted by Crippen LogP contribution is 2.38. The molecule has 102 valence electrons. The molecule has 3 heterocycles. The first-order chi connectivity index (χ1) is 9.09. The molecule has 4 nitrogen and oxygen atoms in total. The van der Waals surface area contributed by atoms with Gasteiger partial charge in [0.1, 0.15) is 9.97 Å². The zero-order chi connectivity index (χ0) is 13.5. The number of furan rings is 1. The lowest BCUT2D eigenvalue weighted by atomic mass is 10.2. The Balaban J connectivity index is 1.96. The van der Waals surface area contributed by atoms with Gasteiger partial charge in [-0.15, -0.1) is 11.3 Å². The lowest BCUT2D eigenvalue weighted by molar-refractivity contribution is 0.340. The van der Waals surface area contributed by atoms with Crippen molar-refractivity contribution < 1.29 is 12.8 Å². The van der Waals surface area contributed by atoms with E-state index >= 15 is 0 Å². The van der Waals surface area contributed by atoms with E-state index in [2.05, 4.69) is 0 Å². The van der Waals surface area contributed by atoms with Crippen LogP contribution in [0.25, 0.3) is 0 Å². The fourth-order valence-corrected chi connectivity index (χ4v) is 5.62. The number of nitrogens with zero attached hydrogens (tertiary/aromatic N) is 1. The van der Waals surface area contributed by atoms with Gasteiger partial charge in [0.05, 0.1) is 16.6 Å². The summed E-state index contributed by atoms with van der Waals surface area (Å²) in [5, 5.41) is 0. The van der Waals surface area contributed by atoms with Crippen molar-refractivity contribution in [3.8, 4) is 0 Å². The van der Waals surface area contributed by atoms with Crippen LogP contribution in [-0.2, 0) is 10.0 Å². The molecule has 0 bridgehead atoms. The molecule has 0 radical (unpaired) electrons. The molecule has 1 aliphatic rings. The van der Waals surface area contributed by atoms with Crippen molar-refractivity contribution in [3.63, 3.8) is 0 Å². The molecule has 1 aliphatic heterocycles. The molecule has 0 amide bonds. The fraction of sp³-hybridized carbons (Fsp3) is 0.333. The van der Waals surface area contributed by atoms with E-state index in [0.717, 1.165) is 24.2 Å². The van der Waals surface area contributed by atoms with Crippen molar-refractivity contribution in [1.29, 1.82) is 0 Å². The standard InChI is InChI=1S/C12H12ClNO3S2/c13-11-5-6-12(18-11)19(15,16)14-7-1-3-9(14)10-4-2-8-17-10/h2,4-6,8-9H,1,3,7H2/t9-/m1/s1. The Labute approximate surface area is 120 Å². The predicted octanol–water partition coefficient (Wildman–Crippen LogP) is 3.52. The quantitative estimate of drug-likeness (QED) is 0.870. The van der Waals surface area contributed by atoms with Crippen LogP contribution >= 0.6 is 22.9 Å². The molecule has 0 N–H and O–H groups in total. The Bertz CT molecular complexity index is 663. The van der Waals surface area contributed by atoms with Gasteiger partial charge in [0, 0.05) is 6.54 Å². The summed E-state index contributed by atoms with van der Waals surface area (Å²) < 4.78 is 32.8. The molecule has 0 spiro atoms. The highest BCUT2D eigenvalue weighted by molar-refractivity contribution is 7.91. The van der Waals surface area contributed by atoms with Crippen molar-refractivity contribution in [2.24, 2.45) is 0 Å². The summed E-state index contributed by atoms with van der Waals surface area (Å²) in [5.74, 6) is 0.698. The summed E-state index contributed by atoms with van der Waals surface area (Å²) in [7, 11) is -3.49. The molecule has 3 rings (SSSR count). The second kappa shape index (κ2) is 4.94. The van der Waals surface area contributed by atoms with Crippen LogP contribution in [0.4, 0.5) is 0 Å². The van der Waals surface area contributed by atoms with Crippen molar-refractivity contribution in [3.05, 3.63) is 40.6 Å². The summed E-state index contributed by atoms with van der Waals surface area (Å²) in [6.45, 7) is 0.517. The van der Waals surface area contributed by atoms with Gasteiger partial charge in [0.15, 0.2) is 0 Å². The van der Waals surface area contributed by atoms with Gasteiger partial charge in [-0.1, -0.05) is 11.6 Å². The zero-order valence-corrected chi connectivity index (χ0v) is 12.3.